The van der Waals surface area contributed by atoms with E-state index in [-0.39, 0.29) is 17.9 Å². The molecule has 0 aromatic carbocycles. The highest BCUT2D eigenvalue weighted by molar-refractivity contribution is 5.95. The van der Waals surface area contributed by atoms with Gasteiger partial charge in [0.2, 0.25) is 5.91 Å². The van der Waals surface area contributed by atoms with Gasteiger partial charge < -0.3 is 5.32 Å². The molecule has 0 saturated carbocycles. The summed E-state index contributed by atoms with van der Waals surface area (Å²) in [6, 6.07) is 0.273. The fourth-order valence-corrected chi connectivity index (χ4v) is 2.16. The van der Waals surface area contributed by atoms with Crippen LogP contribution >= 0.6 is 0 Å². The maximum atomic E-state index is 11.9. The minimum Gasteiger partial charge on any atom is -0.350 e. The van der Waals surface area contributed by atoms with Crippen LogP contribution in [0.3, 0.4) is 0 Å². The predicted octanol–water partition coefficient (Wildman–Crippen LogP) is 2.34. The highest BCUT2D eigenvalue weighted by Crippen LogP contribution is 2.28. The van der Waals surface area contributed by atoms with Crippen molar-refractivity contribution in [1.29, 1.82) is 0 Å². The molecule has 0 aromatic heterocycles. The van der Waals surface area contributed by atoms with Crippen molar-refractivity contribution in [3.05, 3.63) is 35.5 Å². The molecule has 0 radical (unpaired) electrons. The zero-order valence-electron chi connectivity index (χ0n) is 9.29. The van der Waals surface area contributed by atoms with Gasteiger partial charge in [0.05, 0.1) is 0 Å². The molecule has 2 unspecified atom stereocenters. The maximum Gasteiger partial charge on any atom is 0.248 e. The smallest absolute Gasteiger partial charge is 0.248 e. The topological polar surface area (TPSA) is 29.1 Å². The number of nitrogens with one attached hydrogen (secondary N) is 1. The number of allylic oxidation sites excluding steroid dienone is 5. The molecule has 1 saturated heterocycles. The Morgan fingerprint density at radius 1 is 1.27 bits per heavy atom. The normalized spacial score (nSPS) is 30.7. The van der Waals surface area contributed by atoms with Gasteiger partial charge in [0.25, 0.3) is 0 Å². The summed E-state index contributed by atoms with van der Waals surface area (Å²) in [5, 5.41) is 3.03. The van der Waals surface area contributed by atoms with Gasteiger partial charge in [-0.3, -0.25) is 4.79 Å². The first kappa shape index (κ1) is 10.2. The molecule has 15 heavy (non-hydrogen) atoms. The summed E-state index contributed by atoms with van der Waals surface area (Å²) in [6.45, 7) is 4.18. The Morgan fingerprint density at radius 2 is 2.00 bits per heavy atom. The highest BCUT2D eigenvalue weighted by atomic mass is 16.1. The van der Waals surface area contributed by atoms with E-state index in [1.54, 1.807) is 0 Å². The Bertz CT molecular complexity index is 363. The minimum atomic E-state index is 0.0900. The van der Waals surface area contributed by atoms with Crippen molar-refractivity contribution in [2.75, 3.05) is 0 Å². The molecule has 1 aliphatic heterocycles. The lowest BCUT2D eigenvalue weighted by Crippen LogP contribution is -2.37. The van der Waals surface area contributed by atoms with Gasteiger partial charge in [0.15, 0.2) is 0 Å². The SMILES string of the molecule is CC1CCC2=CC=CC=C(C(=O)N1)C2C. The second kappa shape index (κ2) is 4.05. The van der Waals surface area contributed by atoms with Crippen LogP contribution in [0.1, 0.15) is 26.7 Å². The lowest BCUT2D eigenvalue weighted by molar-refractivity contribution is -0.118. The van der Waals surface area contributed by atoms with E-state index < -0.39 is 0 Å². The quantitative estimate of drug-likeness (QED) is 0.643. The second-order valence-electron chi connectivity index (χ2n) is 4.38. The van der Waals surface area contributed by atoms with Crippen LogP contribution in [0.4, 0.5) is 0 Å². The maximum absolute atomic E-state index is 11.9. The van der Waals surface area contributed by atoms with Crippen molar-refractivity contribution in [3.8, 4) is 0 Å². The van der Waals surface area contributed by atoms with E-state index in [0.29, 0.717) is 0 Å². The molecule has 1 amide bonds. The van der Waals surface area contributed by atoms with Gasteiger partial charge in [-0.2, -0.15) is 0 Å². The summed E-state index contributed by atoms with van der Waals surface area (Å²) >= 11 is 0. The van der Waals surface area contributed by atoms with Crippen LogP contribution in [-0.4, -0.2) is 11.9 Å². The number of hydrogen-bond acceptors (Lipinski definition) is 1. The molecule has 1 aliphatic carbocycles. The van der Waals surface area contributed by atoms with Gasteiger partial charge >= 0.3 is 0 Å². The fourth-order valence-electron chi connectivity index (χ4n) is 2.16. The van der Waals surface area contributed by atoms with Crippen LogP contribution in [0.5, 0.6) is 0 Å². The third kappa shape index (κ3) is 2.04. The number of carbonyl (C=O) groups excluding carboxylic acids is 1. The van der Waals surface area contributed by atoms with E-state index in [1.165, 1.54) is 5.57 Å². The predicted molar refractivity (Wildman–Crippen MR) is 61.3 cm³/mol. The van der Waals surface area contributed by atoms with Crippen LogP contribution in [0.15, 0.2) is 35.5 Å². The Hall–Kier alpha value is -1.31. The number of hydrogen-bond donors (Lipinski definition) is 1. The van der Waals surface area contributed by atoms with Gasteiger partial charge in [-0.25, -0.2) is 0 Å². The van der Waals surface area contributed by atoms with Crippen LogP contribution in [0.2, 0.25) is 0 Å². The zero-order valence-corrected chi connectivity index (χ0v) is 9.29. The van der Waals surface area contributed by atoms with E-state index in [0.717, 1.165) is 18.4 Å². The average molecular weight is 203 g/mol. The van der Waals surface area contributed by atoms with Crippen molar-refractivity contribution >= 4 is 5.91 Å². The van der Waals surface area contributed by atoms with Crippen molar-refractivity contribution in [1.82, 2.24) is 5.32 Å². The summed E-state index contributed by atoms with van der Waals surface area (Å²) in [5.41, 5.74) is 2.26. The van der Waals surface area contributed by atoms with Crippen LogP contribution < -0.4 is 5.32 Å². The Kier molecular flexibility index (Phi) is 2.76. The molecule has 1 heterocycles. The van der Waals surface area contributed by atoms with Gasteiger partial charge in [0.1, 0.15) is 0 Å². The molecule has 2 heteroatoms. The molecule has 80 valence electrons. The van der Waals surface area contributed by atoms with Crippen molar-refractivity contribution in [3.63, 3.8) is 0 Å². The first-order valence-electron chi connectivity index (χ1n) is 5.56. The first-order chi connectivity index (χ1) is 7.18. The van der Waals surface area contributed by atoms with E-state index in [9.17, 15) is 4.79 Å². The number of fused-ring (bicyclic) bond motifs is 2. The summed E-state index contributed by atoms with van der Waals surface area (Å²) < 4.78 is 0. The van der Waals surface area contributed by atoms with Gasteiger partial charge in [-0.1, -0.05) is 36.8 Å². The summed E-state index contributed by atoms with van der Waals surface area (Å²) in [6.07, 6.45) is 10.2. The standard InChI is InChI=1S/C13H17NO/c1-9-7-8-11-5-3-4-6-12(10(11)2)13(15)14-9/h3-6,9-10H,7-8H2,1-2H3,(H,14,15). The Labute approximate surface area is 90.7 Å². The van der Waals surface area contributed by atoms with Crippen molar-refractivity contribution in [2.45, 2.75) is 32.7 Å². The highest BCUT2D eigenvalue weighted by Gasteiger charge is 2.24. The molecule has 1 N–H and O–H groups in total. The summed E-state index contributed by atoms with van der Waals surface area (Å²) in [5.74, 6) is 0.347. The molecule has 2 bridgehead atoms. The summed E-state index contributed by atoms with van der Waals surface area (Å²) in [7, 11) is 0. The van der Waals surface area contributed by atoms with Gasteiger partial charge in [-0.15, -0.1) is 0 Å². The lowest BCUT2D eigenvalue weighted by Gasteiger charge is -2.25. The molecular weight excluding hydrogens is 186 g/mol. The largest absolute Gasteiger partial charge is 0.350 e. The van der Waals surface area contributed by atoms with E-state index in [2.05, 4.69) is 25.2 Å². The zero-order chi connectivity index (χ0) is 10.8. The van der Waals surface area contributed by atoms with Crippen molar-refractivity contribution < 1.29 is 4.79 Å². The van der Waals surface area contributed by atoms with Gasteiger partial charge in [0, 0.05) is 17.5 Å². The molecule has 0 spiro atoms. The molecule has 2 aliphatic rings. The van der Waals surface area contributed by atoms with Crippen LogP contribution in [-0.2, 0) is 4.79 Å². The Morgan fingerprint density at radius 3 is 2.80 bits per heavy atom. The second-order valence-corrected chi connectivity index (χ2v) is 4.38. The third-order valence-corrected chi connectivity index (χ3v) is 3.23. The molecular formula is C13H17NO. The summed E-state index contributed by atoms with van der Waals surface area (Å²) in [4.78, 5) is 11.9. The average Bonchev–Trinajstić information content (AvgIpc) is 2.38. The van der Waals surface area contributed by atoms with Crippen molar-refractivity contribution in [2.24, 2.45) is 5.92 Å². The molecule has 2 rings (SSSR count). The minimum absolute atomic E-state index is 0.0900. The van der Waals surface area contributed by atoms with E-state index in [1.807, 2.05) is 18.2 Å². The third-order valence-electron chi connectivity index (χ3n) is 3.23. The first-order valence-corrected chi connectivity index (χ1v) is 5.56. The van der Waals surface area contributed by atoms with Gasteiger partial charge in [-0.05, 0) is 19.8 Å². The number of carbonyl (C=O) groups is 1. The lowest BCUT2D eigenvalue weighted by atomic mass is 9.87. The molecule has 1 fully saturated rings. The monoisotopic (exact) mass is 203 g/mol. The Balaban J connectivity index is 2.37. The molecule has 2 atom stereocenters. The number of amides is 1. The fraction of sp³-hybridized carbons (Fsp3) is 0.462. The van der Waals surface area contributed by atoms with Crippen LogP contribution in [0, 0.1) is 5.92 Å². The van der Waals surface area contributed by atoms with E-state index >= 15 is 0 Å². The van der Waals surface area contributed by atoms with E-state index in [4.69, 9.17) is 0 Å². The van der Waals surface area contributed by atoms with Crippen LogP contribution in [0.25, 0.3) is 0 Å². The number of rotatable bonds is 0. The molecule has 2 nitrogen and oxygen atoms in total. The molecule has 0 aromatic rings.